The fraction of sp³-hybridized carbons (Fsp3) is 0.389. The van der Waals surface area contributed by atoms with Crippen LogP contribution in [0, 0.1) is 5.92 Å². The summed E-state index contributed by atoms with van der Waals surface area (Å²) in [4.78, 5) is 13.1. The van der Waals surface area contributed by atoms with Crippen molar-refractivity contribution in [2.45, 2.75) is 36.2 Å². The number of aromatic nitrogens is 3. The van der Waals surface area contributed by atoms with Crippen LogP contribution in [-0.2, 0) is 17.1 Å². The van der Waals surface area contributed by atoms with E-state index in [-0.39, 0.29) is 5.91 Å². The van der Waals surface area contributed by atoms with Crippen LogP contribution in [-0.4, -0.2) is 33.0 Å². The number of thioether (sulfide) groups is 2. The van der Waals surface area contributed by atoms with Crippen molar-refractivity contribution < 1.29 is 4.79 Å². The molecule has 0 atom stereocenters. The number of nitrogens with one attached hydrogen (secondary N) is 1. The third-order valence-electron chi connectivity index (χ3n) is 3.26. The minimum Gasteiger partial charge on any atom is -0.355 e. The average Bonchev–Trinajstić information content (AvgIpc) is 2.99. The number of carbonyl (C=O) groups excluding carboxylic acids is 1. The van der Waals surface area contributed by atoms with Crippen LogP contribution in [0.25, 0.3) is 0 Å². The third kappa shape index (κ3) is 6.59. The molecule has 1 N–H and O–H groups in total. The smallest absolute Gasteiger partial charge is 0.230 e. The van der Waals surface area contributed by atoms with Gasteiger partial charge < -0.3 is 9.88 Å². The second-order valence-corrected chi connectivity index (χ2v) is 7.88. The Hall–Kier alpha value is -1.73. The summed E-state index contributed by atoms with van der Waals surface area (Å²) in [5.74, 6) is 2.42. The quantitative estimate of drug-likeness (QED) is 0.507. The van der Waals surface area contributed by atoms with E-state index >= 15 is 0 Å². The Morgan fingerprint density at radius 3 is 2.72 bits per heavy atom. The van der Waals surface area contributed by atoms with Crippen LogP contribution >= 0.6 is 23.5 Å². The van der Waals surface area contributed by atoms with Gasteiger partial charge in [0.15, 0.2) is 5.16 Å². The third-order valence-corrected chi connectivity index (χ3v) is 5.23. The predicted octanol–water partition coefficient (Wildman–Crippen LogP) is 3.62. The van der Waals surface area contributed by atoms with Crippen molar-refractivity contribution in [3.8, 4) is 0 Å². The maximum atomic E-state index is 11.9. The molecule has 0 fully saturated rings. The summed E-state index contributed by atoms with van der Waals surface area (Å²) in [5.41, 5.74) is 0. The van der Waals surface area contributed by atoms with Gasteiger partial charge in [0, 0.05) is 18.0 Å². The zero-order valence-electron chi connectivity index (χ0n) is 14.6. The van der Waals surface area contributed by atoms with Crippen molar-refractivity contribution >= 4 is 29.4 Å². The van der Waals surface area contributed by atoms with Crippen molar-refractivity contribution in [2.24, 2.45) is 5.92 Å². The van der Waals surface area contributed by atoms with Crippen molar-refractivity contribution in [1.29, 1.82) is 0 Å². The molecule has 5 nitrogen and oxygen atoms in total. The number of allylic oxidation sites excluding steroid dienone is 1. The van der Waals surface area contributed by atoms with Crippen molar-refractivity contribution in [3.63, 3.8) is 0 Å². The van der Waals surface area contributed by atoms with Crippen LogP contribution in [0.4, 0.5) is 0 Å². The molecule has 2 rings (SSSR count). The van der Waals surface area contributed by atoms with Crippen molar-refractivity contribution in [1.82, 2.24) is 20.1 Å². The first-order valence-electron chi connectivity index (χ1n) is 8.20. The maximum absolute atomic E-state index is 11.9. The highest BCUT2D eigenvalue weighted by Crippen LogP contribution is 2.24. The standard InChI is InChI=1S/C18H24N4OS2/c1-4-10-22-16(12-24-15-8-6-5-7-9-15)20-21-18(22)25-13-17(23)19-11-14(2)3/h4-9,14H,1,10-13H2,2-3H3,(H,19,23). The lowest BCUT2D eigenvalue weighted by Gasteiger charge is -2.09. The molecule has 7 heteroatoms. The van der Waals surface area contributed by atoms with E-state index in [1.165, 1.54) is 16.7 Å². The monoisotopic (exact) mass is 376 g/mol. The highest BCUT2D eigenvalue weighted by Gasteiger charge is 2.13. The number of hydrogen-bond acceptors (Lipinski definition) is 5. The van der Waals surface area contributed by atoms with Gasteiger partial charge >= 0.3 is 0 Å². The van der Waals surface area contributed by atoms with E-state index in [4.69, 9.17) is 0 Å². The number of amides is 1. The van der Waals surface area contributed by atoms with Crippen LogP contribution in [0.15, 0.2) is 53.0 Å². The molecule has 0 aliphatic carbocycles. The number of rotatable bonds is 10. The molecule has 0 spiro atoms. The second-order valence-electron chi connectivity index (χ2n) is 5.89. The molecule has 0 saturated carbocycles. The molecule has 0 aliphatic rings. The number of hydrogen-bond donors (Lipinski definition) is 1. The van der Waals surface area contributed by atoms with E-state index in [0.717, 1.165) is 16.7 Å². The largest absolute Gasteiger partial charge is 0.355 e. The predicted molar refractivity (Wildman–Crippen MR) is 105 cm³/mol. The Morgan fingerprint density at radius 2 is 2.04 bits per heavy atom. The minimum absolute atomic E-state index is 0.0204. The van der Waals surface area contributed by atoms with Gasteiger partial charge in [0.05, 0.1) is 11.5 Å². The van der Waals surface area contributed by atoms with Gasteiger partial charge in [0.1, 0.15) is 5.82 Å². The molecular formula is C18H24N4OS2. The molecule has 0 unspecified atom stereocenters. The Kier molecular flexibility index (Phi) is 8.08. The lowest BCUT2D eigenvalue weighted by atomic mass is 10.2. The molecule has 0 saturated heterocycles. The molecule has 0 bridgehead atoms. The first-order valence-corrected chi connectivity index (χ1v) is 10.2. The normalized spacial score (nSPS) is 10.8. The molecule has 25 heavy (non-hydrogen) atoms. The van der Waals surface area contributed by atoms with Crippen LogP contribution in [0.5, 0.6) is 0 Å². The summed E-state index contributed by atoms with van der Waals surface area (Å²) in [7, 11) is 0. The van der Waals surface area contributed by atoms with E-state index < -0.39 is 0 Å². The first kappa shape index (κ1) is 19.6. The highest BCUT2D eigenvalue weighted by atomic mass is 32.2. The van der Waals surface area contributed by atoms with E-state index in [1.54, 1.807) is 11.8 Å². The Labute approximate surface area is 157 Å². The Balaban J connectivity index is 1.95. The number of nitrogens with zero attached hydrogens (tertiary/aromatic N) is 3. The Morgan fingerprint density at radius 1 is 1.28 bits per heavy atom. The second kappa shape index (κ2) is 10.3. The fourth-order valence-electron chi connectivity index (χ4n) is 2.01. The number of benzene rings is 1. The van der Waals surface area contributed by atoms with Crippen molar-refractivity contribution in [2.75, 3.05) is 12.3 Å². The van der Waals surface area contributed by atoms with E-state index in [2.05, 4.69) is 48.1 Å². The Bertz CT molecular complexity index is 686. The average molecular weight is 377 g/mol. The molecule has 1 heterocycles. The molecule has 0 radical (unpaired) electrons. The van der Waals surface area contributed by atoms with Gasteiger partial charge in [-0.2, -0.15) is 0 Å². The van der Waals surface area contributed by atoms with Crippen LogP contribution < -0.4 is 5.32 Å². The molecule has 134 valence electrons. The zero-order chi connectivity index (χ0) is 18.1. The maximum Gasteiger partial charge on any atom is 0.230 e. The van der Waals surface area contributed by atoms with E-state index in [9.17, 15) is 4.79 Å². The van der Waals surface area contributed by atoms with Gasteiger partial charge in [0.2, 0.25) is 5.91 Å². The molecule has 2 aromatic rings. The van der Waals surface area contributed by atoms with E-state index in [0.29, 0.717) is 24.8 Å². The topological polar surface area (TPSA) is 59.8 Å². The lowest BCUT2D eigenvalue weighted by molar-refractivity contribution is -0.118. The molecule has 0 aliphatic heterocycles. The highest BCUT2D eigenvalue weighted by molar-refractivity contribution is 7.99. The summed E-state index contributed by atoms with van der Waals surface area (Å²) < 4.78 is 2.02. The van der Waals surface area contributed by atoms with Crippen molar-refractivity contribution in [3.05, 3.63) is 48.8 Å². The molecule has 1 amide bonds. The van der Waals surface area contributed by atoms with Crippen LogP contribution in [0.3, 0.4) is 0 Å². The molecular weight excluding hydrogens is 352 g/mol. The van der Waals surface area contributed by atoms with Gasteiger partial charge in [-0.15, -0.1) is 28.5 Å². The van der Waals surface area contributed by atoms with Gasteiger partial charge in [-0.1, -0.05) is 49.9 Å². The molecule has 1 aromatic carbocycles. The first-order chi connectivity index (χ1) is 12.1. The fourth-order valence-corrected chi connectivity index (χ4v) is 3.66. The zero-order valence-corrected chi connectivity index (χ0v) is 16.3. The summed E-state index contributed by atoms with van der Waals surface area (Å²) in [5, 5.41) is 12.2. The van der Waals surface area contributed by atoms with Gasteiger partial charge in [0.25, 0.3) is 0 Å². The summed E-state index contributed by atoms with van der Waals surface area (Å²) in [6.07, 6.45) is 1.82. The summed E-state index contributed by atoms with van der Waals surface area (Å²) in [6, 6.07) is 10.2. The van der Waals surface area contributed by atoms with Gasteiger partial charge in [-0.05, 0) is 18.1 Å². The minimum atomic E-state index is 0.0204. The summed E-state index contributed by atoms with van der Waals surface area (Å²) >= 11 is 3.13. The van der Waals surface area contributed by atoms with Crippen LogP contribution in [0.1, 0.15) is 19.7 Å². The SMILES string of the molecule is C=CCn1c(CSc2ccccc2)nnc1SCC(=O)NCC(C)C. The van der Waals surface area contributed by atoms with E-state index in [1.807, 2.05) is 28.8 Å². The number of carbonyl (C=O) groups is 1. The molecule has 1 aromatic heterocycles. The van der Waals surface area contributed by atoms with Gasteiger partial charge in [-0.3, -0.25) is 4.79 Å². The lowest BCUT2D eigenvalue weighted by Crippen LogP contribution is -2.28. The summed E-state index contributed by atoms with van der Waals surface area (Å²) in [6.45, 7) is 9.28. The van der Waals surface area contributed by atoms with Crippen LogP contribution in [0.2, 0.25) is 0 Å². The van der Waals surface area contributed by atoms with Gasteiger partial charge in [-0.25, -0.2) is 0 Å².